The van der Waals surface area contributed by atoms with Crippen molar-refractivity contribution in [3.05, 3.63) is 11.1 Å². The summed E-state index contributed by atoms with van der Waals surface area (Å²) in [5.74, 6) is -0.379. The molecular formula is C12H18N4O2S. The Labute approximate surface area is 115 Å². The molecule has 2 rings (SSSR count). The molecule has 6 nitrogen and oxygen atoms in total. The number of carbonyl (C=O) groups excluding carboxylic acids is 2. The van der Waals surface area contributed by atoms with Crippen LogP contribution in [0.2, 0.25) is 0 Å². The Kier molecular flexibility index (Phi) is 4.49. The zero-order chi connectivity index (χ0) is 13.8. The zero-order valence-corrected chi connectivity index (χ0v) is 11.6. The van der Waals surface area contributed by atoms with Gasteiger partial charge in [0.1, 0.15) is 5.69 Å². The predicted octanol–water partition coefficient (Wildman–Crippen LogP) is 1.10. The van der Waals surface area contributed by atoms with Crippen LogP contribution < -0.4 is 16.4 Å². The van der Waals surface area contributed by atoms with E-state index in [2.05, 4.69) is 15.6 Å². The monoisotopic (exact) mass is 282 g/mol. The average molecular weight is 282 g/mol. The molecule has 1 aliphatic rings. The van der Waals surface area contributed by atoms with Crippen molar-refractivity contribution < 1.29 is 9.59 Å². The number of anilines is 1. The number of nitrogens with two attached hydrogens (primary N) is 1. The maximum atomic E-state index is 12.0. The Morgan fingerprint density at radius 3 is 2.68 bits per heavy atom. The van der Waals surface area contributed by atoms with Gasteiger partial charge in [0.15, 0.2) is 5.13 Å². The Bertz CT molecular complexity index is 466. The highest BCUT2D eigenvalue weighted by molar-refractivity contribution is 7.14. The van der Waals surface area contributed by atoms with Crippen molar-refractivity contribution in [1.82, 2.24) is 10.3 Å². The van der Waals surface area contributed by atoms with Gasteiger partial charge in [0.05, 0.1) is 0 Å². The van der Waals surface area contributed by atoms with Crippen LogP contribution in [-0.4, -0.2) is 28.9 Å². The normalized spacial score (nSPS) is 22.8. The summed E-state index contributed by atoms with van der Waals surface area (Å²) < 4.78 is 0. The molecule has 19 heavy (non-hydrogen) atoms. The summed E-state index contributed by atoms with van der Waals surface area (Å²) in [6, 6.07) is 0.442. The molecule has 4 N–H and O–H groups in total. The second-order valence-electron chi connectivity index (χ2n) is 4.80. The summed E-state index contributed by atoms with van der Waals surface area (Å²) >= 11 is 1.24. The Balaban J connectivity index is 1.89. The third kappa shape index (κ3) is 4.00. The number of nitrogens with zero attached hydrogens (tertiary/aromatic N) is 1. The van der Waals surface area contributed by atoms with Crippen LogP contribution >= 0.6 is 11.3 Å². The molecule has 0 atom stereocenters. The van der Waals surface area contributed by atoms with Gasteiger partial charge in [-0.2, -0.15) is 0 Å². The molecule has 0 aliphatic heterocycles. The molecule has 0 bridgehead atoms. The van der Waals surface area contributed by atoms with Crippen molar-refractivity contribution in [1.29, 1.82) is 0 Å². The number of thiazole rings is 1. The first-order chi connectivity index (χ1) is 9.04. The van der Waals surface area contributed by atoms with Crippen LogP contribution in [0.15, 0.2) is 5.38 Å². The van der Waals surface area contributed by atoms with Gasteiger partial charge in [-0.05, 0) is 25.7 Å². The molecule has 1 aromatic rings. The van der Waals surface area contributed by atoms with Gasteiger partial charge in [-0.3, -0.25) is 9.59 Å². The molecule has 0 radical (unpaired) electrons. The van der Waals surface area contributed by atoms with Crippen LogP contribution in [0, 0.1) is 0 Å². The predicted molar refractivity (Wildman–Crippen MR) is 74.1 cm³/mol. The molecule has 0 saturated heterocycles. The van der Waals surface area contributed by atoms with E-state index in [9.17, 15) is 9.59 Å². The van der Waals surface area contributed by atoms with Crippen molar-refractivity contribution in [2.75, 3.05) is 5.32 Å². The van der Waals surface area contributed by atoms with Gasteiger partial charge in [-0.25, -0.2) is 4.98 Å². The van der Waals surface area contributed by atoms with Crippen molar-refractivity contribution in [2.24, 2.45) is 5.73 Å². The molecule has 7 heteroatoms. The van der Waals surface area contributed by atoms with E-state index >= 15 is 0 Å². The van der Waals surface area contributed by atoms with Gasteiger partial charge in [-0.15, -0.1) is 11.3 Å². The Hall–Kier alpha value is -1.47. The van der Waals surface area contributed by atoms with Crippen molar-refractivity contribution in [3.8, 4) is 0 Å². The van der Waals surface area contributed by atoms with Gasteiger partial charge in [0, 0.05) is 24.4 Å². The van der Waals surface area contributed by atoms with Crippen LogP contribution in [-0.2, 0) is 4.79 Å². The van der Waals surface area contributed by atoms with Crippen LogP contribution in [0.5, 0.6) is 0 Å². The highest BCUT2D eigenvalue weighted by Gasteiger charge is 2.21. The Morgan fingerprint density at radius 2 is 2.05 bits per heavy atom. The van der Waals surface area contributed by atoms with Crippen molar-refractivity contribution >= 4 is 28.3 Å². The number of carbonyl (C=O) groups is 2. The first-order valence-electron chi connectivity index (χ1n) is 6.34. The van der Waals surface area contributed by atoms with E-state index in [0.29, 0.717) is 10.8 Å². The second kappa shape index (κ2) is 6.12. The topological polar surface area (TPSA) is 97.1 Å². The van der Waals surface area contributed by atoms with E-state index in [-0.39, 0.29) is 23.9 Å². The molecule has 2 amide bonds. The maximum absolute atomic E-state index is 12.0. The van der Waals surface area contributed by atoms with E-state index in [4.69, 9.17) is 5.73 Å². The van der Waals surface area contributed by atoms with E-state index < -0.39 is 0 Å². The number of aromatic nitrogens is 1. The number of amides is 2. The fourth-order valence-electron chi connectivity index (χ4n) is 2.11. The minimum atomic E-state index is -0.192. The van der Waals surface area contributed by atoms with Gasteiger partial charge in [0.2, 0.25) is 5.91 Å². The molecule has 0 aromatic carbocycles. The van der Waals surface area contributed by atoms with Crippen LogP contribution in [0.25, 0.3) is 0 Å². The lowest BCUT2D eigenvalue weighted by atomic mass is 9.92. The van der Waals surface area contributed by atoms with Crippen LogP contribution in [0.3, 0.4) is 0 Å². The first-order valence-corrected chi connectivity index (χ1v) is 7.22. The minimum absolute atomic E-state index is 0.179. The van der Waals surface area contributed by atoms with Crippen molar-refractivity contribution in [3.63, 3.8) is 0 Å². The standard InChI is InChI=1S/C12H18N4O2S/c1-7(17)14-12-16-10(6-19-12)11(18)15-9-4-2-8(13)3-5-9/h6,8-9H,2-5,13H2,1H3,(H,15,18)(H,14,16,17). The highest BCUT2D eigenvalue weighted by atomic mass is 32.1. The number of hydrogen-bond donors (Lipinski definition) is 3. The summed E-state index contributed by atoms with van der Waals surface area (Å²) in [4.78, 5) is 26.9. The SMILES string of the molecule is CC(=O)Nc1nc(C(=O)NC2CCC(N)CC2)cs1. The molecular weight excluding hydrogens is 264 g/mol. The van der Waals surface area contributed by atoms with Gasteiger partial charge < -0.3 is 16.4 Å². The van der Waals surface area contributed by atoms with Crippen LogP contribution in [0.1, 0.15) is 43.1 Å². The quantitative estimate of drug-likeness (QED) is 0.773. The number of rotatable bonds is 3. The molecule has 1 saturated carbocycles. The molecule has 0 unspecified atom stereocenters. The molecule has 1 heterocycles. The Morgan fingerprint density at radius 1 is 1.37 bits per heavy atom. The molecule has 0 spiro atoms. The van der Waals surface area contributed by atoms with Gasteiger partial charge >= 0.3 is 0 Å². The van der Waals surface area contributed by atoms with Gasteiger partial charge in [-0.1, -0.05) is 0 Å². The van der Waals surface area contributed by atoms with E-state index in [0.717, 1.165) is 25.7 Å². The van der Waals surface area contributed by atoms with Gasteiger partial charge in [0.25, 0.3) is 5.91 Å². The van der Waals surface area contributed by atoms with Crippen molar-refractivity contribution in [2.45, 2.75) is 44.7 Å². The lowest BCUT2D eigenvalue weighted by Gasteiger charge is -2.26. The fourth-order valence-corrected chi connectivity index (χ4v) is 2.85. The van der Waals surface area contributed by atoms with Crippen LogP contribution in [0.4, 0.5) is 5.13 Å². The first kappa shape index (κ1) is 14.0. The largest absolute Gasteiger partial charge is 0.348 e. The smallest absolute Gasteiger partial charge is 0.271 e. The zero-order valence-electron chi connectivity index (χ0n) is 10.8. The molecule has 1 fully saturated rings. The lowest BCUT2D eigenvalue weighted by Crippen LogP contribution is -2.40. The second-order valence-corrected chi connectivity index (χ2v) is 5.66. The third-order valence-electron chi connectivity index (χ3n) is 3.13. The fraction of sp³-hybridized carbons (Fsp3) is 0.583. The third-order valence-corrected chi connectivity index (χ3v) is 3.88. The molecule has 1 aliphatic carbocycles. The molecule has 104 valence electrons. The highest BCUT2D eigenvalue weighted by Crippen LogP contribution is 2.19. The maximum Gasteiger partial charge on any atom is 0.271 e. The lowest BCUT2D eigenvalue weighted by molar-refractivity contribution is -0.114. The summed E-state index contributed by atoms with van der Waals surface area (Å²) in [7, 11) is 0. The van der Waals surface area contributed by atoms with E-state index in [1.54, 1.807) is 5.38 Å². The number of nitrogens with one attached hydrogen (secondary N) is 2. The summed E-state index contributed by atoms with van der Waals surface area (Å²) in [5, 5.41) is 7.62. The summed E-state index contributed by atoms with van der Waals surface area (Å²) in [6.45, 7) is 1.41. The average Bonchev–Trinajstić information content (AvgIpc) is 2.80. The number of hydrogen-bond acceptors (Lipinski definition) is 5. The summed E-state index contributed by atoms with van der Waals surface area (Å²) in [5.41, 5.74) is 6.18. The summed E-state index contributed by atoms with van der Waals surface area (Å²) in [6.07, 6.45) is 3.71. The molecule has 1 aromatic heterocycles. The van der Waals surface area contributed by atoms with E-state index in [1.165, 1.54) is 18.3 Å². The van der Waals surface area contributed by atoms with E-state index in [1.807, 2.05) is 0 Å². The minimum Gasteiger partial charge on any atom is -0.348 e.